The zero-order valence-electron chi connectivity index (χ0n) is 15.4. The second-order valence-corrected chi connectivity index (χ2v) is 7.48. The summed E-state index contributed by atoms with van der Waals surface area (Å²) in [6.45, 7) is 2.58. The fourth-order valence-electron chi connectivity index (χ4n) is 3.04. The maximum atomic E-state index is 13.0. The minimum Gasteiger partial charge on any atom is -0.345 e. The van der Waals surface area contributed by atoms with Gasteiger partial charge in [0.25, 0.3) is 5.91 Å². The number of nitrogens with one attached hydrogen (secondary N) is 1. The Hall–Kier alpha value is -3.25. The standard InChI is InChI=1S/C22H20N4OS/c1-16(18-9-11-23-12-10-18)24-22(27)19-15-26(14-17-6-3-2-4-7-17)25-21(19)20-8-5-13-28-20/h2-13,15-16H,14H2,1H3,(H,24,27)/t16-/m0/s1. The van der Waals surface area contributed by atoms with Crippen LogP contribution in [0.5, 0.6) is 0 Å². The third-order valence-corrected chi connectivity index (χ3v) is 5.38. The van der Waals surface area contributed by atoms with Crippen molar-refractivity contribution >= 4 is 17.2 Å². The van der Waals surface area contributed by atoms with Crippen LogP contribution in [-0.2, 0) is 6.54 Å². The van der Waals surface area contributed by atoms with Crippen molar-refractivity contribution in [1.82, 2.24) is 20.1 Å². The number of nitrogens with zero attached hydrogens (tertiary/aromatic N) is 3. The molecule has 1 atom stereocenters. The van der Waals surface area contributed by atoms with E-state index in [0.717, 1.165) is 16.0 Å². The molecule has 6 heteroatoms. The Morgan fingerprint density at radius 3 is 2.61 bits per heavy atom. The fourth-order valence-corrected chi connectivity index (χ4v) is 3.77. The van der Waals surface area contributed by atoms with Crippen molar-refractivity contribution in [2.24, 2.45) is 0 Å². The largest absolute Gasteiger partial charge is 0.345 e. The zero-order chi connectivity index (χ0) is 19.3. The van der Waals surface area contributed by atoms with E-state index in [9.17, 15) is 4.79 Å². The number of pyridine rings is 1. The Kier molecular flexibility index (Phi) is 5.30. The average molecular weight is 388 g/mol. The molecule has 0 aliphatic heterocycles. The highest BCUT2D eigenvalue weighted by Crippen LogP contribution is 2.27. The van der Waals surface area contributed by atoms with Crippen LogP contribution in [0.1, 0.15) is 34.5 Å². The predicted octanol–water partition coefficient (Wildman–Crippen LogP) is 4.55. The lowest BCUT2D eigenvalue weighted by Crippen LogP contribution is -2.26. The number of amides is 1. The van der Waals surface area contributed by atoms with E-state index >= 15 is 0 Å². The Balaban J connectivity index is 1.62. The molecule has 1 amide bonds. The van der Waals surface area contributed by atoms with Crippen molar-refractivity contribution in [3.8, 4) is 10.6 Å². The van der Waals surface area contributed by atoms with Gasteiger partial charge in [-0.25, -0.2) is 0 Å². The van der Waals surface area contributed by atoms with Crippen molar-refractivity contribution in [3.63, 3.8) is 0 Å². The molecule has 0 bridgehead atoms. The molecular weight excluding hydrogens is 368 g/mol. The summed E-state index contributed by atoms with van der Waals surface area (Å²) in [5, 5.41) is 9.77. The lowest BCUT2D eigenvalue weighted by molar-refractivity contribution is 0.0940. The van der Waals surface area contributed by atoms with Crippen molar-refractivity contribution in [2.45, 2.75) is 19.5 Å². The van der Waals surface area contributed by atoms with E-state index in [4.69, 9.17) is 5.10 Å². The number of thiophene rings is 1. The molecule has 3 heterocycles. The first kappa shape index (κ1) is 18.1. The molecule has 140 valence electrons. The highest BCUT2D eigenvalue weighted by Gasteiger charge is 2.20. The number of carbonyl (C=O) groups excluding carboxylic acids is 1. The molecule has 0 unspecified atom stereocenters. The summed E-state index contributed by atoms with van der Waals surface area (Å²) in [4.78, 5) is 18.0. The Labute approximate surface area is 167 Å². The molecule has 0 saturated heterocycles. The van der Waals surface area contributed by atoms with Gasteiger partial charge in [0.2, 0.25) is 0 Å². The van der Waals surface area contributed by atoms with E-state index in [-0.39, 0.29) is 11.9 Å². The molecular formula is C22H20N4OS. The van der Waals surface area contributed by atoms with Crippen LogP contribution in [0.4, 0.5) is 0 Å². The van der Waals surface area contributed by atoms with Gasteiger partial charge in [-0.15, -0.1) is 11.3 Å². The van der Waals surface area contributed by atoms with Gasteiger partial charge in [0.1, 0.15) is 5.69 Å². The lowest BCUT2D eigenvalue weighted by Gasteiger charge is -2.13. The first-order valence-electron chi connectivity index (χ1n) is 9.07. The van der Waals surface area contributed by atoms with Gasteiger partial charge < -0.3 is 5.32 Å². The van der Waals surface area contributed by atoms with Gasteiger partial charge in [-0.1, -0.05) is 36.4 Å². The maximum Gasteiger partial charge on any atom is 0.255 e. The highest BCUT2D eigenvalue weighted by molar-refractivity contribution is 7.13. The molecule has 0 radical (unpaired) electrons. The minimum absolute atomic E-state index is 0.121. The Morgan fingerprint density at radius 2 is 1.89 bits per heavy atom. The molecule has 1 aromatic carbocycles. The van der Waals surface area contributed by atoms with Crippen LogP contribution in [0.3, 0.4) is 0 Å². The Bertz CT molecular complexity index is 1040. The van der Waals surface area contributed by atoms with Gasteiger partial charge in [0.05, 0.1) is 23.0 Å². The number of carbonyl (C=O) groups is 1. The molecule has 28 heavy (non-hydrogen) atoms. The SMILES string of the molecule is C[C@H](NC(=O)c1cn(Cc2ccccc2)nc1-c1cccs1)c1ccncc1. The van der Waals surface area contributed by atoms with E-state index < -0.39 is 0 Å². The van der Waals surface area contributed by atoms with Gasteiger partial charge in [-0.3, -0.25) is 14.5 Å². The molecule has 0 aliphatic carbocycles. The quantitative estimate of drug-likeness (QED) is 0.527. The average Bonchev–Trinajstić information content (AvgIpc) is 3.39. The van der Waals surface area contributed by atoms with Gasteiger partial charge >= 0.3 is 0 Å². The minimum atomic E-state index is -0.132. The summed E-state index contributed by atoms with van der Waals surface area (Å²) < 4.78 is 1.83. The third kappa shape index (κ3) is 4.02. The smallest absolute Gasteiger partial charge is 0.255 e. The Morgan fingerprint density at radius 1 is 1.11 bits per heavy atom. The highest BCUT2D eigenvalue weighted by atomic mass is 32.1. The van der Waals surface area contributed by atoms with Crippen LogP contribution in [-0.4, -0.2) is 20.7 Å². The molecule has 4 rings (SSSR count). The van der Waals surface area contributed by atoms with E-state index in [0.29, 0.717) is 17.8 Å². The third-order valence-electron chi connectivity index (χ3n) is 4.50. The fraction of sp³-hybridized carbons (Fsp3) is 0.136. The van der Waals surface area contributed by atoms with Gasteiger partial charge in [0.15, 0.2) is 0 Å². The normalized spacial score (nSPS) is 11.9. The van der Waals surface area contributed by atoms with Crippen molar-refractivity contribution in [2.75, 3.05) is 0 Å². The number of benzene rings is 1. The molecule has 5 nitrogen and oxygen atoms in total. The maximum absolute atomic E-state index is 13.0. The van der Waals surface area contributed by atoms with Crippen LogP contribution in [0.25, 0.3) is 10.6 Å². The van der Waals surface area contributed by atoms with Crippen LogP contribution in [0, 0.1) is 0 Å². The first-order valence-corrected chi connectivity index (χ1v) is 9.95. The monoisotopic (exact) mass is 388 g/mol. The number of aromatic nitrogens is 3. The predicted molar refractivity (Wildman–Crippen MR) is 111 cm³/mol. The summed E-state index contributed by atoms with van der Waals surface area (Å²) in [7, 11) is 0. The summed E-state index contributed by atoms with van der Waals surface area (Å²) in [6.07, 6.45) is 5.29. The van der Waals surface area contributed by atoms with E-state index in [1.807, 2.05) is 65.6 Å². The lowest BCUT2D eigenvalue weighted by atomic mass is 10.1. The topological polar surface area (TPSA) is 59.8 Å². The van der Waals surface area contributed by atoms with Crippen LogP contribution in [0.15, 0.2) is 78.6 Å². The number of hydrogen-bond acceptors (Lipinski definition) is 4. The van der Waals surface area contributed by atoms with Crippen LogP contribution in [0.2, 0.25) is 0 Å². The number of rotatable bonds is 6. The van der Waals surface area contributed by atoms with Gasteiger partial charge in [0, 0.05) is 18.6 Å². The molecule has 3 aromatic heterocycles. The van der Waals surface area contributed by atoms with E-state index in [2.05, 4.69) is 22.4 Å². The molecule has 4 aromatic rings. The van der Waals surface area contributed by atoms with Crippen LogP contribution >= 0.6 is 11.3 Å². The van der Waals surface area contributed by atoms with Crippen molar-refractivity contribution in [3.05, 3.63) is 95.3 Å². The summed E-state index contributed by atoms with van der Waals surface area (Å²) in [5.74, 6) is -0.132. The molecule has 0 spiro atoms. The molecule has 0 saturated carbocycles. The van der Waals surface area contributed by atoms with Crippen molar-refractivity contribution in [1.29, 1.82) is 0 Å². The molecule has 0 aliphatic rings. The summed E-state index contributed by atoms with van der Waals surface area (Å²) >= 11 is 1.58. The summed E-state index contributed by atoms with van der Waals surface area (Å²) in [6, 6.07) is 17.8. The first-order chi connectivity index (χ1) is 13.7. The second-order valence-electron chi connectivity index (χ2n) is 6.53. The summed E-state index contributed by atoms with van der Waals surface area (Å²) in [5.41, 5.74) is 3.45. The number of hydrogen-bond donors (Lipinski definition) is 1. The van der Waals surface area contributed by atoms with Gasteiger partial charge in [-0.05, 0) is 41.6 Å². The van der Waals surface area contributed by atoms with E-state index in [1.165, 1.54) is 0 Å². The van der Waals surface area contributed by atoms with E-state index in [1.54, 1.807) is 23.7 Å². The van der Waals surface area contributed by atoms with Crippen molar-refractivity contribution < 1.29 is 4.79 Å². The zero-order valence-corrected chi connectivity index (χ0v) is 16.3. The van der Waals surface area contributed by atoms with Crippen LogP contribution < -0.4 is 5.32 Å². The molecule has 1 N–H and O–H groups in total. The van der Waals surface area contributed by atoms with Gasteiger partial charge in [-0.2, -0.15) is 5.10 Å². The molecule has 0 fully saturated rings. The second kappa shape index (κ2) is 8.19.